The summed E-state index contributed by atoms with van der Waals surface area (Å²) < 4.78 is 23.4. The Balaban J connectivity index is 1.24. The van der Waals surface area contributed by atoms with Crippen molar-refractivity contribution in [2.75, 3.05) is 50.5 Å². The standard InChI is InChI=1S/C24H27N7O5/c1-2-31-20-15-18(6-7-19(20)27-23(31)21-22(25)29-36-28-21)35-17-5-3-4-16(14-17)26-24(32)34-13-10-30-8-11-33-12-9-30/h3-7,14-15H,2,8-13H2,1H3,(H2,25,29)(H,26,32). The molecule has 0 unspecified atom stereocenters. The number of hydrogen-bond acceptors (Lipinski definition) is 10. The van der Waals surface area contributed by atoms with E-state index >= 15 is 0 Å². The van der Waals surface area contributed by atoms with Crippen molar-refractivity contribution < 1.29 is 23.6 Å². The maximum atomic E-state index is 12.2. The fourth-order valence-corrected chi connectivity index (χ4v) is 4.04. The summed E-state index contributed by atoms with van der Waals surface area (Å²) in [6.07, 6.45) is -0.511. The van der Waals surface area contributed by atoms with Gasteiger partial charge in [-0.15, -0.1) is 0 Å². The molecule has 3 heterocycles. The first-order valence-electron chi connectivity index (χ1n) is 11.7. The van der Waals surface area contributed by atoms with Crippen molar-refractivity contribution in [2.24, 2.45) is 0 Å². The molecule has 2 aromatic carbocycles. The van der Waals surface area contributed by atoms with Crippen LogP contribution in [0.15, 0.2) is 47.1 Å². The van der Waals surface area contributed by atoms with Crippen molar-refractivity contribution in [3.63, 3.8) is 0 Å². The van der Waals surface area contributed by atoms with Gasteiger partial charge in [0.1, 0.15) is 18.1 Å². The summed E-state index contributed by atoms with van der Waals surface area (Å²) in [4.78, 5) is 19.0. The Labute approximate surface area is 206 Å². The Morgan fingerprint density at radius 1 is 1.14 bits per heavy atom. The van der Waals surface area contributed by atoms with E-state index in [1.165, 1.54) is 0 Å². The van der Waals surface area contributed by atoms with Crippen LogP contribution in [0.5, 0.6) is 11.5 Å². The summed E-state index contributed by atoms with van der Waals surface area (Å²) in [6, 6.07) is 12.7. The average Bonchev–Trinajstić information content (AvgIpc) is 3.47. The molecule has 0 bridgehead atoms. The van der Waals surface area contributed by atoms with Gasteiger partial charge in [0.15, 0.2) is 17.3 Å². The molecule has 5 rings (SSSR count). The largest absolute Gasteiger partial charge is 0.457 e. The number of nitrogens with one attached hydrogen (secondary N) is 1. The summed E-state index contributed by atoms with van der Waals surface area (Å²) in [5, 5.41) is 10.3. The van der Waals surface area contributed by atoms with Crippen LogP contribution in [0.4, 0.5) is 16.3 Å². The molecule has 1 aliphatic heterocycles. The second kappa shape index (κ2) is 10.6. The van der Waals surface area contributed by atoms with Crippen molar-refractivity contribution in [3.8, 4) is 23.0 Å². The molecule has 0 saturated carbocycles. The lowest BCUT2D eigenvalue weighted by atomic mass is 10.2. The summed E-state index contributed by atoms with van der Waals surface area (Å²) >= 11 is 0. The molecule has 12 heteroatoms. The zero-order valence-corrected chi connectivity index (χ0v) is 19.8. The predicted molar refractivity (Wildman–Crippen MR) is 132 cm³/mol. The summed E-state index contributed by atoms with van der Waals surface area (Å²) in [5.41, 5.74) is 8.45. The lowest BCUT2D eigenvalue weighted by Crippen LogP contribution is -2.38. The van der Waals surface area contributed by atoms with Crippen molar-refractivity contribution in [1.29, 1.82) is 0 Å². The van der Waals surface area contributed by atoms with Crippen LogP contribution in [0.1, 0.15) is 6.92 Å². The van der Waals surface area contributed by atoms with Crippen molar-refractivity contribution >= 4 is 28.6 Å². The van der Waals surface area contributed by atoms with Gasteiger partial charge in [0.25, 0.3) is 0 Å². The van der Waals surface area contributed by atoms with Gasteiger partial charge < -0.3 is 24.5 Å². The molecule has 36 heavy (non-hydrogen) atoms. The number of imidazole rings is 1. The SMILES string of the molecule is CCn1c(-c2nonc2N)nc2ccc(Oc3cccc(NC(=O)OCCN4CCOCC4)c3)cc21. The maximum Gasteiger partial charge on any atom is 0.411 e. The van der Waals surface area contributed by atoms with E-state index in [1.54, 1.807) is 18.2 Å². The molecule has 1 fully saturated rings. The van der Waals surface area contributed by atoms with Crippen molar-refractivity contribution in [2.45, 2.75) is 13.5 Å². The number of amides is 1. The Hall–Kier alpha value is -4.16. The van der Waals surface area contributed by atoms with Gasteiger partial charge >= 0.3 is 6.09 Å². The molecule has 0 radical (unpaired) electrons. The zero-order chi connectivity index (χ0) is 24.9. The molecule has 1 aliphatic rings. The van der Waals surface area contributed by atoms with Crippen molar-refractivity contribution in [1.82, 2.24) is 24.8 Å². The second-order valence-electron chi connectivity index (χ2n) is 8.17. The normalized spacial score (nSPS) is 14.1. The monoisotopic (exact) mass is 493 g/mol. The molecule has 2 aromatic heterocycles. The van der Waals surface area contributed by atoms with Crippen LogP contribution in [0, 0.1) is 0 Å². The van der Waals surface area contributed by atoms with Gasteiger partial charge in [0.2, 0.25) is 0 Å². The third-order valence-corrected chi connectivity index (χ3v) is 5.82. The van der Waals surface area contributed by atoms with E-state index in [9.17, 15) is 4.79 Å². The van der Waals surface area contributed by atoms with E-state index in [2.05, 4.69) is 25.5 Å². The number of carbonyl (C=O) groups is 1. The third-order valence-electron chi connectivity index (χ3n) is 5.82. The lowest BCUT2D eigenvalue weighted by Gasteiger charge is -2.26. The van der Waals surface area contributed by atoms with Crippen LogP contribution < -0.4 is 15.8 Å². The minimum Gasteiger partial charge on any atom is -0.457 e. The number of hydrogen-bond donors (Lipinski definition) is 2. The fourth-order valence-electron chi connectivity index (χ4n) is 4.04. The van der Waals surface area contributed by atoms with Gasteiger partial charge in [-0.3, -0.25) is 10.2 Å². The number of morpholine rings is 1. The second-order valence-corrected chi connectivity index (χ2v) is 8.17. The highest BCUT2D eigenvalue weighted by Gasteiger charge is 2.19. The fraction of sp³-hybridized carbons (Fsp3) is 0.333. The number of rotatable bonds is 8. The Bertz CT molecular complexity index is 1350. The van der Waals surface area contributed by atoms with Crippen LogP contribution in [0.25, 0.3) is 22.6 Å². The summed E-state index contributed by atoms with van der Waals surface area (Å²) in [5.74, 6) is 1.93. The summed E-state index contributed by atoms with van der Waals surface area (Å²) in [7, 11) is 0. The van der Waals surface area contributed by atoms with E-state index in [4.69, 9.17) is 24.6 Å². The zero-order valence-electron chi connectivity index (χ0n) is 19.8. The first-order chi connectivity index (χ1) is 17.6. The van der Waals surface area contributed by atoms with Gasteiger partial charge in [-0.2, -0.15) is 0 Å². The number of aromatic nitrogens is 4. The minimum atomic E-state index is -0.511. The van der Waals surface area contributed by atoms with E-state index in [0.29, 0.717) is 61.6 Å². The molecule has 188 valence electrons. The van der Waals surface area contributed by atoms with Gasteiger partial charge in [-0.25, -0.2) is 14.4 Å². The van der Waals surface area contributed by atoms with E-state index < -0.39 is 6.09 Å². The molecule has 12 nitrogen and oxygen atoms in total. The van der Waals surface area contributed by atoms with Crippen LogP contribution in [0.3, 0.4) is 0 Å². The number of carbonyl (C=O) groups excluding carboxylic acids is 1. The molecule has 0 aliphatic carbocycles. The number of ether oxygens (including phenoxy) is 3. The van der Waals surface area contributed by atoms with E-state index in [-0.39, 0.29) is 5.82 Å². The highest BCUT2D eigenvalue weighted by Crippen LogP contribution is 2.31. The molecule has 1 amide bonds. The number of aryl methyl sites for hydroxylation is 1. The molecular weight excluding hydrogens is 466 g/mol. The molecule has 3 N–H and O–H groups in total. The number of benzene rings is 2. The maximum absolute atomic E-state index is 12.2. The average molecular weight is 494 g/mol. The molecule has 4 aromatic rings. The molecule has 0 atom stereocenters. The Morgan fingerprint density at radius 3 is 2.75 bits per heavy atom. The van der Waals surface area contributed by atoms with Crippen LogP contribution in [0.2, 0.25) is 0 Å². The molecule has 1 saturated heterocycles. The smallest absolute Gasteiger partial charge is 0.411 e. The number of nitrogen functional groups attached to an aromatic ring is 1. The minimum absolute atomic E-state index is 0.181. The van der Waals surface area contributed by atoms with Crippen LogP contribution >= 0.6 is 0 Å². The topological polar surface area (TPSA) is 143 Å². The van der Waals surface area contributed by atoms with Gasteiger partial charge in [-0.05, 0) is 41.5 Å². The number of nitrogens with zero attached hydrogens (tertiary/aromatic N) is 5. The summed E-state index contributed by atoms with van der Waals surface area (Å²) in [6.45, 7) is 6.74. The van der Waals surface area contributed by atoms with Crippen molar-refractivity contribution in [3.05, 3.63) is 42.5 Å². The highest BCUT2D eigenvalue weighted by atomic mass is 16.6. The predicted octanol–water partition coefficient (Wildman–Crippen LogP) is 3.36. The van der Waals surface area contributed by atoms with E-state index in [1.807, 2.05) is 35.8 Å². The highest BCUT2D eigenvalue weighted by molar-refractivity contribution is 5.85. The van der Waals surface area contributed by atoms with Crippen LogP contribution in [-0.4, -0.2) is 70.3 Å². The number of nitrogens with two attached hydrogens (primary N) is 1. The first kappa shape index (κ1) is 23.6. The van der Waals surface area contributed by atoms with E-state index in [0.717, 1.165) is 24.1 Å². The van der Waals surface area contributed by atoms with Crippen LogP contribution in [-0.2, 0) is 16.0 Å². The number of anilines is 2. The number of fused-ring (bicyclic) bond motifs is 1. The first-order valence-corrected chi connectivity index (χ1v) is 11.7. The van der Waals surface area contributed by atoms with Gasteiger partial charge in [-0.1, -0.05) is 6.07 Å². The Kier molecular flexibility index (Phi) is 6.96. The van der Waals surface area contributed by atoms with Gasteiger partial charge in [0.05, 0.1) is 24.2 Å². The lowest BCUT2D eigenvalue weighted by molar-refractivity contribution is 0.0290. The van der Waals surface area contributed by atoms with Gasteiger partial charge in [0, 0.05) is 44.0 Å². The Morgan fingerprint density at radius 2 is 1.97 bits per heavy atom. The molecular formula is C24H27N7O5. The molecule has 0 spiro atoms. The quantitative estimate of drug-likeness (QED) is 0.375. The third kappa shape index (κ3) is 5.24.